The monoisotopic (exact) mass is 389 g/mol. The molecule has 26 heavy (non-hydrogen) atoms. The normalized spacial score (nSPS) is 17.8. The smallest absolute Gasteiger partial charge is 0.330 e. The van der Waals surface area contributed by atoms with Crippen LogP contribution in [0.2, 0.25) is 0 Å². The minimum atomic E-state index is -4.78. The van der Waals surface area contributed by atoms with E-state index in [9.17, 15) is 38.3 Å². The van der Waals surface area contributed by atoms with Crippen molar-refractivity contribution in [3.05, 3.63) is 12.2 Å². The van der Waals surface area contributed by atoms with Gasteiger partial charge in [-0.2, -0.15) is 0 Å². The maximum absolute atomic E-state index is 11.7. The SMILES string of the molecule is O=C(CCN(CCN1C(=O)C=CC1=O)P(=O)(O)O)ON1C(=O)CCC1=O. The van der Waals surface area contributed by atoms with E-state index in [1.807, 2.05) is 0 Å². The summed E-state index contributed by atoms with van der Waals surface area (Å²) in [6.45, 7) is -1.13. The van der Waals surface area contributed by atoms with E-state index in [1.54, 1.807) is 0 Å². The summed E-state index contributed by atoms with van der Waals surface area (Å²) in [5.41, 5.74) is 0. The molecule has 0 unspecified atom stereocenters. The number of imide groups is 2. The highest BCUT2D eigenvalue weighted by atomic mass is 31.2. The van der Waals surface area contributed by atoms with E-state index >= 15 is 0 Å². The molecule has 0 aliphatic carbocycles. The number of carbonyl (C=O) groups is 5. The third-order valence-corrected chi connectivity index (χ3v) is 4.76. The average Bonchev–Trinajstić information content (AvgIpc) is 3.03. The van der Waals surface area contributed by atoms with Crippen molar-refractivity contribution in [3.8, 4) is 0 Å². The molecule has 0 aromatic carbocycles. The largest absolute Gasteiger partial charge is 0.403 e. The lowest BCUT2D eigenvalue weighted by Gasteiger charge is -2.24. The number of carbonyl (C=O) groups excluding carboxylic acids is 5. The Morgan fingerprint density at radius 3 is 2.12 bits per heavy atom. The molecule has 13 heteroatoms. The van der Waals surface area contributed by atoms with E-state index in [2.05, 4.69) is 4.84 Å². The zero-order valence-corrected chi connectivity index (χ0v) is 14.3. The van der Waals surface area contributed by atoms with Crippen LogP contribution in [0.15, 0.2) is 12.2 Å². The van der Waals surface area contributed by atoms with Gasteiger partial charge >= 0.3 is 13.7 Å². The molecule has 0 aromatic heterocycles. The van der Waals surface area contributed by atoms with Crippen molar-refractivity contribution >= 4 is 37.3 Å². The molecule has 2 rings (SSSR count). The Labute approximate surface area is 147 Å². The van der Waals surface area contributed by atoms with Crippen molar-refractivity contribution in [2.75, 3.05) is 19.6 Å². The molecule has 2 aliphatic rings. The van der Waals surface area contributed by atoms with E-state index in [-0.39, 0.29) is 25.9 Å². The summed E-state index contributed by atoms with van der Waals surface area (Å²) in [5.74, 6) is -3.58. The molecule has 0 spiro atoms. The standard InChI is InChI=1S/C13H16N3O9P/c17-9-1-2-10(18)15(9)8-7-14(26(22,23)24)6-5-13(21)25-16-11(19)3-4-12(16)20/h1-2H,3-8H2,(H2,22,23,24). The minimum absolute atomic E-state index is 0.0767. The molecule has 1 saturated heterocycles. The fourth-order valence-electron chi connectivity index (χ4n) is 2.26. The van der Waals surface area contributed by atoms with E-state index in [0.29, 0.717) is 9.73 Å². The molecule has 0 radical (unpaired) electrons. The Morgan fingerprint density at radius 2 is 1.62 bits per heavy atom. The van der Waals surface area contributed by atoms with Gasteiger partial charge in [0, 0.05) is 44.6 Å². The van der Waals surface area contributed by atoms with Crippen LogP contribution in [0.3, 0.4) is 0 Å². The van der Waals surface area contributed by atoms with Crippen molar-refractivity contribution in [2.24, 2.45) is 0 Å². The Morgan fingerprint density at radius 1 is 1.08 bits per heavy atom. The lowest BCUT2D eigenvalue weighted by Crippen LogP contribution is -2.38. The molecule has 0 aromatic rings. The Kier molecular flexibility index (Phi) is 6.03. The van der Waals surface area contributed by atoms with Crippen LogP contribution >= 0.6 is 7.75 Å². The van der Waals surface area contributed by atoms with Gasteiger partial charge in [-0.3, -0.25) is 24.1 Å². The van der Waals surface area contributed by atoms with Crippen LogP contribution in [-0.2, 0) is 33.4 Å². The highest BCUT2D eigenvalue weighted by molar-refractivity contribution is 7.49. The minimum Gasteiger partial charge on any atom is -0.330 e. The van der Waals surface area contributed by atoms with Crippen molar-refractivity contribution in [2.45, 2.75) is 19.3 Å². The maximum atomic E-state index is 11.7. The first-order valence-electron chi connectivity index (χ1n) is 7.50. The van der Waals surface area contributed by atoms with Crippen molar-refractivity contribution in [1.29, 1.82) is 0 Å². The predicted molar refractivity (Wildman–Crippen MR) is 81.3 cm³/mol. The summed E-state index contributed by atoms with van der Waals surface area (Å²) < 4.78 is 12.1. The molecule has 4 amide bonds. The van der Waals surface area contributed by atoms with Crippen LogP contribution < -0.4 is 0 Å². The summed E-state index contributed by atoms with van der Waals surface area (Å²) >= 11 is 0. The van der Waals surface area contributed by atoms with Crippen molar-refractivity contribution < 1.29 is 43.2 Å². The molecule has 0 saturated carbocycles. The summed E-state index contributed by atoms with van der Waals surface area (Å²) in [5, 5.41) is 0.331. The second-order valence-corrected chi connectivity index (χ2v) is 7.02. The van der Waals surface area contributed by atoms with Crippen LogP contribution in [0.4, 0.5) is 0 Å². The van der Waals surface area contributed by atoms with E-state index < -0.39 is 50.3 Å². The van der Waals surface area contributed by atoms with Crippen LogP contribution in [0.5, 0.6) is 0 Å². The lowest BCUT2D eigenvalue weighted by molar-refractivity contribution is -0.197. The first kappa shape index (κ1) is 19.9. The summed E-state index contributed by atoms with van der Waals surface area (Å²) in [4.78, 5) is 81.3. The lowest BCUT2D eigenvalue weighted by atomic mass is 10.4. The van der Waals surface area contributed by atoms with Crippen LogP contribution in [0.25, 0.3) is 0 Å². The van der Waals surface area contributed by atoms with Gasteiger partial charge in [-0.05, 0) is 0 Å². The van der Waals surface area contributed by atoms with Crippen molar-refractivity contribution in [3.63, 3.8) is 0 Å². The predicted octanol–water partition coefficient (Wildman–Crippen LogP) is -1.70. The van der Waals surface area contributed by atoms with Gasteiger partial charge in [-0.25, -0.2) is 14.0 Å². The molecule has 12 nitrogen and oxygen atoms in total. The second kappa shape index (κ2) is 7.87. The van der Waals surface area contributed by atoms with Gasteiger partial charge in [0.1, 0.15) is 0 Å². The van der Waals surface area contributed by atoms with E-state index in [0.717, 1.165) is 17.1 Å². The van der Waals surface area contributed by atoms with Crippen molar-refractivity contribution in [1.82, 2.24) is 14.6 Å². The van der Waals surface area contributed by atoms with Gasteiger partial charge in [0.05, 0.1) is 6.42 Å². The summed E-state index contributed by atoms with van der Waals surface area (Å²) in [6, 6.07) is 0. The zero-order valence-electron chi connectivity index (χ0n) is 13.4. The van der Waals surface area contributed by atoms with Gasteiger partial charge in [0.15, 0.2) is 0 Å². The molecule has 0 bridgehead atoms. The van der Waals surface area contributed by atoms with Crippen LogP contribution in [0.1, 0.15) is 19.3 Å². The number of amides is 4. The Hall–Kier alpha value is -2.40. The fraction of sp³-hybridized carbons (Fsp3) is 0.462. The Bertz CT molecular complexity index is 694. The number of hydrogen-bond donors (Lipinski definition) is 2. The van der Waals surface area contributed by atoms with Crippen LogP contribution in [0, 0.1) is 0 Å². The maximum Gasteiger partial charge on any atom is 0.403 e. The molecular formula is C13H16N3O9P. The molecule has 0 atom stereocenters. The highest BCUT2D eigenvalue weighted by Crippen LogP contribution is 2.39. The third kappa shape index (κ3) is 4.82. The van der Waals surface area contributed by atoms with E-state index in [4.69, 9.17) is 0 Å². The molecule has 142 valence electrons. The van der Waals surface area contributed by atoms with E-state index in [1.165, 1.54) is 0 Å². The van der Waals surface area contributed by atoms with Gasteiger partial charge in [0.25, 0.3) is 23.6 Å². The summed E-state index contributed by atoms with van der Waals surface area (Å²) in [7, 11) is -4.78. The molecule has 1 fully saturated rings. The number of nitrogens with zero attached hydrogens (tertiary/aromatic N) is 3. The van der Waals surface area contributed by atoms with Gasteiger partial charge in [-0.1, -0.05) is 0 Å². The van der Waals surface area contributed by atoms with Gasteiger partial charge < -0.3 is 14.6 Å². The molecule has 2 heterocycles. The van der Waals surface area contributed by atoms with Crippen LogP contribution in [-0.4, -0.2) is 73.7 Å². The third-order valence-electron chi connectivity index (χ3n) is 3.62. The fourth-order valence-corrected chi connectivity index (χ4v) is 2.98. The first-order valence-corrected chi connectivity index (χ1v) is 9.07. The highest BCUT2D eigenvalue weighted by Gasteiger charge is 2.34. The summed E-state index contributed by atoms with van der Waals surface area (Å²) in [6.07, 6.45) is 1.39. The Balaban J connectivity index is 1.87. The molecular weight excluding hydrogens is 373 g/mol. The molecule has 2 N–H and O–H groups in total. The second-order valence-electron chi connectivity index (χ2n) is 5.42. The topological polar surface area (TPSA) is 162 Å². The average molecular weight is 389 g/mol. The quantitative estimate of drug-likeness (QED) is 0.361. The van der Waals surface area contributed by atoms with Gasteiger partial charge in [-0.15, -0.1) is 5.06 Å². The number of hydroxylamine groups is 2. The molecule has 2 aliphatic heterocycles. The first-order chi connectivity index (χ1) is 12.1. The number of rotatable bonds is 8. The van der Waals surface area contributed by atoms with Gasteiger partial charge in [0.2, 0.25) is 0 Å². The zero-order chi connectivity index (χ0) is 19.5. The number of hydrogen-bond acceptors (Lipinski definition) is 7.